The lowest BCUT2D eigenvalue weighted by atomic mass is 9.96. The molecule has 2 heterocycles. The normalized spacial score (nSPS) is 16.8. The summed E-state index contributed by atoms with van der Waals surface area (Å²) in [4.78, 5) is 41.3. The molecule has 1 aliphatic rings. The maximum Gasteiger partial charge on any atom is 0.573 e. The number of nitrogens with one attached hydrogen (secondary N) is 1. The molecule has 1 amide bonds. The molecule has 51 heavy (non-hydrogen) atoms. The molecule has 1 fully saturated rings. The quantitative estimate of drug-likeness (QED) is 0.135. The molecule has 3 N–H and O–H groups in total. The molecule has 0 bridgehead atoms. The van der Waals surface area contributed by atoms with Crippen molar-refractivity contribution in [1.82, 2.24) is 15.3 Å². The molecule has 0 unspecified atom stereocenters. The topological polar surface area (TPSA) is 142 Å². The summed E-state index contributed by atoms with van der Waals surface area (Å²) in [5.74, 6) is -4.38. The number of aliphatic carboxylic acids is 2. The fraction of sp³-hybridized carbons (Fsp3) is 0.406. The number of amides is 1. The van der Waals surface area contributed by atoms with Gasteiger partial charge in [-0.1, -0.05) is 12.1 Å². The summed E-state index contributed by atoms with van der Waals surface area (Å²) < 4.78 is 121. The molecule has 0 aliphatic carbocycles. The fourth-order valence-corrected chi connectivity index (χ4v) is 5.10. The van der Waals surface area contributed by atoms with Crippen molar-refractivity contribution in [3.05, 3.63) is 83.4 Å². The third-order valence-corrected chi connectivity index (χ3v) is 7.37. The highest BCUT2D eigenvalue weighted by molar-refractivity contribution is 6.00. The smallest absolute Gasteiger partial charge is 0.481 e. The number of unbranched alkanes of at least 4 members (excludes halogenated alkanes) is 1. The summed E-state index contributed by atoms with van der Waals surface area (Å²) in [5, 5.41) is 19.2. The van der Waals surface area contributed by atoms with Crippen LogP contribution >= 0.6 is 0 Å². The Morgan fingerprint density at radius 2 is 1.47 bits per heavy atom. The first-order valence-corrected chi connectivity index (χ1v) is 15.0. The van der Waals surface area contributed by atoms with Gasteiger partial charge in [-0.2, -0.15) is 26.3 Å². The molecule has 0 saturated carbocycles. The van der Waals surface area contributed by atoms with Crippen LogP contribution in [0.5, 0.6) is 5.75 Å². The number of carboxylic acids is 2. The first kappa shape index (κ1) is 40.5. The maximum absolute atomic E-state index is 13.6. The number of benzene rings is 2. The van der Waals surface area contributed by atoms with Crippen LogP contribution in [0.1, 0.15) is 74.6 Å². The molecular formula is C32H31F9N4O6. The number of anilines is 1. The lowest BCUT2D eigenvalue weighted by Gasteiger charge is -2.29. The predicted molar refractivity (Wildman–Crippen MR) is 160 cm³/mol. The summed E-state index contributed by atoms with van der Waals surface area (Å²) in [5.41, 5.74) is -2.21. The van der Waals surface area contributed by atoms with E-state index in [0.717, 1.165) is 47.5 Å². The van der Waals surface area contributed by atoms with E-state index in [9.17, 15) is 53.9 Å². The van der Waals surface area contributed by atoms with Crippen LogP contribution < -0.4 is 15.0 Å². The monoisotopic (exact) mass is 738 g/mol. The Balaban J connectivity index is 0.000000612. The predicted octanol–water partition coefficient (Wildman–Crippen LogP) is 7.50. The molecule has 10 nitrogen and oxygen atoms in total. The Hall–Kier alpha value is -4.94. The first-order valence-electron chi connectivity index (χ1n) is 15.0. The molecular weight excluding hydrogens is 707 g/mol. The van der Waals surface area contributed by atoms with Gasteiger partial charge in [-0.25, -0.2) is 9.97 Å². The fourth-order valence-electron chi connectivity index (χ4n) is 5.10. The number of aromatic nitrogens is 2. The summed E-state index contributed by atoms with van der Waals surface area (Å²) >= 11 is 0. The largest absolute Gasteiger partial charge is 0.573 e. The molecule has 0 radical (unpaired) electrons. The van der Waals surface area contributed by atoms with Gasteiger partial charge in [-0.05, 0) is 81.1 Å². The van der Waals surface area contributed by atoms with Crippen LogP contribution in [0, 0.1) is 0 Å². The van der Waals surface area contributed by atoms with E-state index in [1.54, 1.807) is 0 Å². The average molecular weight is 739 g/mol. The zero-order valence-electron chi connectivity index (χ0n) is 26.7. The third-order valence-electron chi connectivity index (χ3n) is 7.37. The molecule has 1 aromatic heterocycles. The van der Waals surface area contributed by atoms with Crippen molar-refractivity contribution < 1.29 is 68.8 Å². The van der Waals surface area contributed by atoms with Gasteiger partial charge in [0, 0.05) is 24.7 Å². The molecule has 1 saturated heterocycles. The second-order valence-electron chi connectivity index (χ2n) is 11.7. The van der Waals surface area contributed by atoms with Gasteiger partial charge in [0.15, 0.2) is 0 Å². The van der Waals surface area contributed by atoms with Crippen molar-refractivity contribution in [2.75, 3.05) is 4.90 Å². The number of nitrogens with zero attached hydrogens (tertiary/aromatic N) is 3. The van der Waals surface area contributed by atoms with E-state index in [0.29, 0.717) is 12.8 Å². The van der Waals surface area contributed by atoms with Gasteiger partial charge < -0.3 is 19.8 Å². The number of hydrogen-bond acceptors (Lipinski definition) is 7. The van der Waals surface area contributed by atoms with E-state index < -0.39 is 71.3 Å². The van der Waals surface area contributed by atoms with Gasteiger partial charge in [0.05, 0.1) is 28.9 Å². The van der Waals surface area contributed by atoms with Crippen LogP contribution in [0.2, 0.25) is 0 Å². The zero-order valence-corrected chi connectivity index (χ0v) is 26.7. The number of carbonyl (C=O) groups excluding carboxylic acids is 1. The first-order chi connectivity index (χ1) is 23.5. The number of carbonyl (C=O) groups is 3. The van der Waals surface area contributed by atoms with Crippen LogP contribution in [0.4, 0.5) is 45.2 Å². The standard InChI is InChI=1S/C26H21F9N4O2.C6H10O4/c1-23(2,20-10-11-36-22(37-20)25(30,31)32)38-18-13-19(14-4-3-5-17(12-14)41-26(33,34)35)39(21(18)40)16-8-6-15(7-9-16)24(27,28)29;7-5(8)3-1-2-4-6(9)10/h3-12,18-19,38H,13H2,1-2H3;1-4H2,(H,7,8)(H,9,10)/t18-,19-;/m1./s1. The molecule has 4 rings (SSSR count). The Morgan fingerprint density at radius 1 is 0.882 bits per heavy atom. The van der Waals surface area contributed by atoms with Crippen molar-refractivity contribution in [3.63, 3.8) is 0 Å². The van der Waals surface area contributed by atoms with E-state index in [1.807, 2.05) is 0 Å². The minimum Gasteiger partial charge on any atom is -0.481 e. The Labute approximate surface area is 284 Å². The van der Waals surface area contributed by atoms with E-state index in [-0.39, 0.29) is 36.2 Å². The maximum atomic E-state index is 13.6. The van der Waals surface area contributed by atoms with Crippen LogP contribution in [-0.4, -0.2) is 50.4 Å². The molecule has 278 valence electrons. The highest BCUT2D eigenvalue weighted by atomic mass is 19.4. The van der Waals surface area contributed by atoms with Gasteiger partial charge in [0.1, 0.15) is 5.75 Å². The van der Waals surface area contributed by atoms with Crippen LogP contribution in [0.3, 0.4) is 0 Å². The number of rotatable bonds is 11. The van der Waals surface area contributed by atoms with Crippen molar-refractivity contribution >= 4 is 23.5 Å². The minimum atomic E-state index is -5.00. The van der Waals surface area contributed by atoms with Crippen LogP contribution in [0.25, 0.3) is 0 Å². The number of halogens is 9. The highest BCUT2D eigenvalue weighted by Crippen LogP contribution is 2.41. The molecule has 1 aliphatic heterocycles. The summed E-state index contributed by atoms with van der Waals surface area (Å²) in [6, 6.07) is 7.54. The molecule has 3 aromatic rings. The van der Waals surface area contributed by atoms with Crippen molar-refractivity contribution in [2.45, 2.75) is 82.3 Å². The summed E-state index contributed by atoms with van der Waals surface area (Å²) in [7, 11) is 0. The second-order valence-corrected chi connectivity index (χ2v) is 11.7. The van der Waals surface area contributed by atoms with Gasteiger partial charge in [0.25, 0.3) is 0 Å². The molecule has 19 heteroatoms. The number of carboxylic acid groups (broad SMARTS) is 2. The van der Waals surface area contributed by atoms with Gasteiger partial charge >= 0.3 is 30.7 Å². The molecule has 2 atom stereocenters. The van der Waals surface area contributed by atoms with Crippen molar-refractivity contribution in [2.24, 2.45) is 0 Å². The lowest BCUT2D eigenvalue weighted by Crippen LogP contribution is -2.48. The highest BCUT2D eigenvalue weighted by Gasteiger charge is 2.45. The number of alkyl halides is 9. The van der Waals surface area contributed by atoms with Crippen LogP contribution in [0.15, 0.2) is 60.8 Å². The van der Waals surface area contributed by atoms with E-state index in [4.69, 9.17) is 10.2 Å². The number of ether oxygens (including phenoxy) is 1. The number of hydrogen-bond donors (Lipinski definition) is 3. The SMILES string of the molecule is CC(C)(N[C@@H]1C[C@H](c2cccc(OC(F)(F)F)c2)N(c2ccc(C(F)(F)F)cc2)C1=O)c1ccnc(C(F)(F)F)n1.O=C(O)CCCCC(=O)O. The average Bonchev–Trinajstić information content (AvgIpc) is 3.33. The van der Waals surface area contributed by atoms with E-state index >= 15 is 0 Å². The van der Waals surface area contributed by atoms with Crippen molar-refractivity contribution in [3.8, 4) is 5.75 Å². The Bertz CT molecular complexity index is 1660. The van der Waals surface area contributed by atoms with E-state index in [1.165, 1.54) is 32.0 Å². The minimum absolute atomic E-state index is 0.0265. The third kappa shape index (κ3) is 11.8. The van der Waals surface area contributed by atoms with E-state index in [2.05, 4.69) is 20.0 Å². The van der Waals surface area contributed by atoms with Gasteiger partial charge in [0.2, 0.25) is 11.7 Å². The Kier molecular flexibility index (Phi) is 12.7. The molecule has 0 spiro atoms. The van der Waals surface area contributed by atoms with Gasteiger partial charge in [-0.15, -0.1) is 13.2 Å². The van der Waals surface area contributed by atoms with Crippen molar-refractivity contribution in [1.29, 1.82) is 0 Å². The lowest BCUT2D eigenvalue weighted by molar-refractivity contribution is -0.274. The van der Waals surface area contributed by atoms with Gasteiger partial charge in [-0.3, -0.25) is 19.7 Å². The second kappa shape index (κ2) is 15.9. The zero-order chi connectivity index (χ0) is 38.4. The van der Waals surface area contributed by atoms with Crippen LogP contribution in [-0.2, 0) is 32.3 Å². The molecule has 2 aromatic carbocycles. The summed E-state index contributed by atoms with van der Waals surface area (Å²) in [6.07, 6.45) is -12.7. The summed E-state index contributed by atoms with van der Waals surface area (Å²) in [6.45, 7) is 2.94. The Morgan fingerprint density at radius 3 is 1.98 bits per heavy atom.